The largest absolute Gasteiger partial charge is 0.395 e. The maximum Gasteiger partial charge on any atom is 0.0843 e. The Morgan fingerprint density at radius 3 is 2.78 bits per heavy atom. The summed E-state index contributed by atoms with van der Waals surface area (Å²) in [6, 6.07) is 2.03. The maximum absolute atomic E-state index is 8.58. The minimum absolute atomic E-state index is 0.0876. The smallest absolute Gasteiger partial charge is 0.0843 e. The number of rotatable bonds is 4. The molecule has 0 aliphatic heterocycles. The van der Waals surface area contributed by atoms with Crippen LogP contribution in [0.5, 0.6) is 0 Å². The zero-order chi connectivity index (χ0) is 7.11. The Morgan fingerprint density at radius 1 is 1.78 bits per heavy atom. The fraction of sp³-hybridized carbons (Fsp3) is 0.833. The molecule has 0 saturated carbocycles. The molecule has 3 nitrogen and oxygen atoms in total. The van der Waals surface area contributed by atoms with Crippen LogP contribution in [0.25, 0.3) is 0 Å². The molecule has 0 aromatic rings. The summed E-state index contributed by atoms with van der Waals surface area (Å²) in [7, 11) is 0. The number of hydrogen-bond donors (Lipinski definition) is 2. The van der Waals surface area contributed by atoms with Crippen molar-refractivity contribution in [1.29, 1.82) is 5.26 Å². The summed E-state index contributed by atoms with van der Waals surface area (Å²) < 4.78 is 0. The van der Waals surface area contributed by atoms with Crippen LogP contribution in [0.15, 0.2) is 0 Å². The van der Waals surface area contributed by atoms with Crippen LogP contribution in [0.3, 0.4) is 0 Å². The van der Waals surface area contributed by atoms with Gasteiger partial charge in [0.2, 0.25) is 0 Å². The lowest BCUT2D eigenvalue weighted by molar-refractivity contribution is 0.243. The summed E-state index contributed by atoms with van der Waals surface area (Å²) in [5, 5.41) is 19.6. The van der Waals surface area contributed by atoms with Gasteiger partial charge in [-0.3, -0.25) is 5.32 Å². The van der Waals surface area contributed by atoms with Crippen molar-refractivity contribution in [2.24, 2.45) is 0 Å². The summed E-state index contributed by atoms with van der Waals surface area (Å²) in [6.45, 7) is 2.39. The molecule has 0 aliphatic rings. The number of nitrogens with zero attached hydrogens (tertiary/aromatic N) is 1. The van der Waals surface area contributed by atoms with E-state index in [9.17, 15) is 0 Å². The molecule has 0 aromatic carbocycles. The molecule has 2 N–H and O–H groups in total. The molecule has 52 valence electrons. The first-order chi connectivity index (χ1) is 4.35. The van der Waals surface area contributed by atoms with Crippen molar-refractivity contribution < 1.29 is 5.11 Å². The second-order valence-electron chi connectivity index (χ2n) is 1.83. The Morgan fingerprint density at radius 2 is 2.44 bits per heavy atom. The summed E-state index contributed by atoms with van der Waals surface area (Å²) in [4.78, 5) is 0. The van der Waals surface area contributed by atoms with Crippen LogP contribution in [0, 0.1) is 11.3 Å². The molecule has 0 aromatic heterocycles. The highest BCUT2D eigenvalue weighted by Crippen LogP contribution is 1.85. The molecular weight excluding hydrogens is 116 g/mol. The predicted octanol–water partition coefficient (Wildman–Crippen LogP) is -0.130. The third-order valence-corrected chi connectivity index (χ3v) is 1.18. The molecule has 0 bridgehead atoms. The topological polar surface area (TPSA) is 56.0 Å². The first-order valence-electron chi connectivity index (χ1n) is 3.06. The minimum atomic E-state index is 0.0876. The average Bonchev–Trinajstić information content (AvgIpc) is 1.91. The SMILES string of the molecule is CCC(CO)NCC#N. The standard InChI is InChI=1S/C6H12N2O/c1-2-6(5-9)8-4-3-7/h6,8-9H,2,4-5H2,1H3. The van der Waals surface area contributed by atoms with Crippen molar-refractivity contribution >= 4 is 0 Å². The lowest BCUT2D eigenvalue weighted by Crippen LogP contribution is -2.31. The van der Waals surface area contributed by atoms with Gasteiger partial charge in [-0.2, -0.15) is 5.26 Å². The van der Waals surface area contributed by atoms with Crippen molar-refractivity contribution in [3.8, 4) is 6.07 Å². The Hall–Kier alpha value is -0.590. The fourth-order valence-corrected chi connectivity index (χ4v) is 0.528. The van der Waals surface area contributed by atoms with Gasteiger partial charge in [0.1, 0.15) is 0 Å². The molecular formula is C6H12N2O. The zero-order valence-corrected chi connectivity index (χ0v) is 5.59. The van der Waals surface area contributed by atoms with Crippen LogP contribution in [0.4, 0.5) is 0 Å². The van der Waals surface area contributed by atoms with Crippen LogP contribution in [-0.4, -0.2) is 24.3 Å². The number of nitrogens with one attached hydrogen (secondary N) is 1. The highest BCUT2D eigenvalue weighted by Gasteiger charge is 1.99. The molecule has 0 rings (SSSR count). The van der Waals surface area contributed by atoms with E-state index in [0.29, 0.717) is 6.54 Å². The van der Waals surface area contributed by atoms with Crippen molar-refractivity contribution in [1.82, 2.24) is 5.32 Å². The molecule has 0 saturated heterocycles. The average molecular weight is 128 g/mol. The summed E-state index contributed by atoms with van der Waals surface area (Å²) in [5.74, 6) is 0. The molecule has 1 atom stereocenters. The first-order valence-corrected chi connectivity index (χ1v) is 3.06. The van der Waals surface area contributed by atoms with Crippen LogP contribution >= 0.6 is 0 Å². The second kappa shape index (κ2) is 5.54. The van der Waals surface area contributed by atoms with E-state index >= 15 is 0 Å². The van der Waals surface area contributed by atoms with Gasteiger partial charge < -0.3 is 5.11 Å². The molecule has 0 radical (unpaired) electrons. The zero-order valence-electron chi connectivity index (χ0n) is 5.59. The van der Waals surface area contributed by atoms with E-state index in [1.165, 1.54) is 0 Å². The highest BCUT2D eigenvalue weighted by molar-refractivity contribution is 4.76. The molecule has 1 unspecified atom stereocenters. The number of aliphatic hydroxyl groups is 1. The Balaban J connectivity index is 3.22. The van der Waals surface area contributed by atoms with Gasteiger partial charge in [-0.25, -0.2) is 0 Å². The molecule has 0 spiro atoms. The van der Waals surface area contributed by atoms with Gasteiger partial charge in [0.05, 0.1) is 19.2 Å². The summed E-state index contributed by atoms with van der Waals surface area (Å²) >= 11 is 0. The third-order valence-electron chi connectivity index (χ3n) is 1.18. The van der Waals surface area contributed by atoms with E-state index in [0.717, 1.165) is 6.42 Å². The number of aliphatic hydroxyl groups excluding tert-OH is 1. The van der Waals surface area contributed by atoms with Crippen molar-refractivity contribution in [3.63, 3.8) is 0 Å². The van der Waals surface area contributed by atoms with Crippen LogP contribution in [0.1, 0.15) is 13.3 Å². The highest BCUT2D eigenvalue weighted by atomic mass is 16.3. The van der Waals surface area contributed by atoms with Crippen LogP contribution < -0.4 is 5.32 Å². The quantitative estimate of drug-likeness (QED) is 0.518. The lowest BCUT2D eigenvalue weighted by Gasteiger charge is -2.09. The molecule has 0 aliphatic carbocycles. The molecule has 0 heterocycles. The first kappa shape index (κ1) is 8.41. The fourth-order valence-electron chi connectivity index (χ4n) is 0.528. The lowest BCUT2D eigenvalue weighted by atomic mass is 10.2. The van der Waals surface area contributed by atoms with Crippen molar-refractivity contribution in [2.45, 2.75) is 19.4 Å². The van der Waals surface area contributed by atoms with Crippen LogP contribution in [0.2, 0.25) is 0 Å². The van der Waals surface area contributed by atoms with E-state index in [2.05, 4.69) is 5.32 Å². The number of nitriles is 1. The predicted molar refractivity (Wildman–Crippen MR) is 34.8 cm³/mol. The van der Waals surface area contributed by atoms with Gasteiger partial charge in [-0.05, 0) is 6.42 Å². The van der Waals surface area contributed by atoms with E-state index in [1.807, 2.05) is 13.0 Å². The van der Waals surface area contributed by atoms with E-state index in [4.69, 9.17) is 10.4 Å². The molecule has 9 heavy (non-hydrogen) atoms. The van der Waals surface area contributed by atoms with E-state index < -0.39 is 0 Å². The van der Waals surface area contributed by atoms with Gasteiger partial charge in [-0.1, -0.05) is 6.92 Å². The van der Waals surface area contributed by atoms with Gasteiger partial charge in [-0.15, -0.1) is 0 Å². The second-order valence-corrected chi connectivity index (χ2v) is 1.83. The Kier molecular flexibility index (Phi) is 5.18. The Bertz CT molecular complexity index is 93.7. The Labute approximate surface area is 55.3 Å². The monoisotopic (exact) mass is 128 g/mol. The normalized spacial score (nSPS) is 12.6. The minimum Gasteiger partial charge on any atom is -0.395 e. The third kappa shape index (κ3) is 3.95. The van der Waals surface area contributed by atoms with Crippen molar-refractivity contribution in [2.75, 3.05) is 13.2 Å². The van der Waals surface area contributed by atoms with E-state index in [1.54, 1.807) is 0 Å². The summed E-state index contributed by atoms with van der Waals surface area (Å²) in [6.07, 6.45) is 0.859. The van der Waals surface area contributed by atoms with Crippen LogP contribution in [-0.2, 0) is 0 Å². The van der Waals surface area contributed by atoms with E-state index in [-0.39, 0.29) is 12.6 Å². The maximum atomic E-state index is 8.58. The van der Waals surface area contributed by atoms with Crippen molar-refractivity contribution in [3.05, 3.63) is 0 Å². The van der Waals surface area contributed by atoms with Gasteiger partial charge in [0.25, 0.3) is 0 Å². The summed E-state index contributed by atoms with van der Waals surface area (Å²) in [5.41, 5.74) is 0. The molecule has 0 amide bonds. The molecule has 0 fully saturated rings. The number of hydrogen-bond acceptors (Lipinski definition) is 3. The van der Waals surface area contributed by atoms with Gasteiger partial charge in [0.15, 0.2) is 0 Å². The molecule has 3 heteroatoms. The van der Waals surface area contributed by atoms with Gasteiger partial charge in [0, 0.05) is 6.04 Å². The van der Waals surface area contributed by atoms with Gasteiger partial charge >= 0.3 is 0 Å².